The molecule has 1 aliphatic carbocycles. The van der Waals surface area contributed by atoms with Crippen LogP contribution in [0, 0.1) is 5.92 Å². The fraction of sp³-hybridized carbons (Fsp3) is 1.00. The summed E-state index contributed by atoms with van der Waals surface area (Å²) < 4.78 is 5.64. The second-order valence-electron chi connectivity index (χ2n) is 5.22. The van der Waals surface area contributed by atoms with E-state index in [0.717, 1.165) is 12.3 Å². The van der Waals surface area contributed by atoms with Crippen molar-refractivity contribution in [2.45, 2.75) is 58.1 Å². The molecule has 0 spiro atoms. The van der Waals surface area contributed by atoms with Crippen LogP contribution in [0.5, 0.6) is 0 Å². The Morgan fingerprint density at radius 3 is 2.38 bits per heavy atom. The molecule has 2 nitrogen and oxygen atoms in total. The second kappa shape index (κ2) is 4.43. The van der Waals surface area contributed by atoms with Crippen LogP contribution in [0.4, 0.5) is 0 Å². The Kier molecular flexibility index (Phi) is 3.74. The van der Waals surface area contributed by atoms with Gasteiger partial charge in [0.1, 0.15) is 0 Å². The summed E-state index contributed by atoms with van der Waals surface area (Å²) in [6, 6.07) is 0.240. The van der Waals surface area contributed by atoms with E-state index in [4.69, 9.17) is 10.5 Å². The molecule has 0 aromatic heterocycles. The van der Waals surface area contributed by atoms with E-state index in [1.165, 1.54) is 19.3 Å². The summed E-state index contributed by atoms with van der Waals surface area (Å²) in [5.41, 5.74) is 5.92. The molecular formula is C11H23NO. The fourth-order valence-corrected chi connectivity index (χ4v) is 1.58. The maximum Gasteiger partial charge on any atom is 0.0624 e. The molecule has 13 heavy (non-hydrogen) atoms. The monoisotopic (exact) mass is 185 g/mol. The first-order valence-corrected chi connectivity index (χ1v) is 5.37. The Labute approximate surface area is 81.8 Å². The van der Waals surface area contributed by atoms with Crippen molar-refractivity contribution in [1.29, 1.82) is 0 Å². The molecule has 1 rings (SSSR count). The number of nitrogens with two attached hydrogens (primary N) is 1. The molecule has 0 aromatic carbocycles. The van der Waals surface area contributed by atoms with E-state index in [1.54, 1.807) is 0 Å². The molecule has 2 N–H and O–H groups in total. The molecule has 1 fully saturated rings. The van der Waals surface area contributed by atoms with Crippen LogP contribution < -0.4 is 5.73 Å². The fourth-order valence-electron chi connectivity index (χ4n) is 1.58. The molecule has 1 atom stereocenters. The third-order valence-corrected chi connectivity index (χ3v) is 2.59. The van der Waals surface area contributed by atoms with Gasteiger partial charge in [0.15, 0.2) is 0 Å². The summed E-state index contributed by atoms with van der Waals surface area (Å²) in [6.07, 6.45) is 5.31. The summed E-state index contributed by atoms with van der Waals surface area (Å²) in [5, 5.41) is 0. The van der Waals surface area contributed by atoms with Crippen molar-refractivity contribution in [3.05, 3.63) is 0 Å². The first kappa shape index (κ1) is 11.0. The molecule has 0 amide bonds. The van der Waals surface area contributed by atoms with Crippen LogP contribution in [0.25, 0.3) is 0 Å². The van der Waals surface area contributed by atoms with Crippen LogP contribution >= 0.6 is 0 Å². The zero-order valence-electron chi connectivity index (χ0n) is 9.18. The van der Waals surface area contributed by atoms with Crippen molar-refractivity contribution < 1.29 is 4.74 Å². The Bertz CT molecular complexity index is 147. The lowest BCUT2D eigenvalue weighted by atomic mass is 9.81. The third kappa shape index (κ3) is 4.63. The van der Waals surface area contributed by atoms with Gasteiger partial charge in [-0.3, -0.25) is 0 Å². The molecule has 0 radical (unpaired) electrons. The molecule has 0 aliphatic heterocycles. The van der Waals surface area contributed by atoms with Crippen molar-refractivity contribution in [2.75, 3.05) is 6.61 Å². The summed E-state index contributed by atoms with van der Waals surface area (Å²) in [7, 11) is 0. The predicted octanol–water partition coefficient (Wildman–Crippen LogP) is 2.32. The third-order valence-electron chi connectivity index (χ3n) is 2.59. The normalized spacial score (nSPS) is 21.2. The van der Waals surface area contributed by atoms with E-state index in [2.05, 4.69) is 20.8 Å². The zero-order chi connectivity index (χ0) is 9.90. The van der Waals surface area contributed by atoms with Crippen molar-refractivity contribution in [2.24, 2.45) is 11.7 Å². The van der Waals surface area contributed by atoms with Crippen molar-refractivity contribution in [3.63, 3.8) is 0 Å². The van der Waals surface area contributed by atoms with E-state index < -0.39 is 0 Å². The van der Waals surface area contributed by atoms with Gasteiger partial charge in [0.2, 0.25) is 0 Å². The highest BCUT2D eigenvalue weighted by atomic mass is 16.5. The van der Waals surface area contributed by atoms with Crippen LogP contribution in [0.1, 0.15) is 46.5 Å². The molecular weight excluding hydrogens is 162 g/mol. The minimum Gasteiger partial charge on any atom is -0.374 e. The molecule has 1 saturated carbocycles. The van der Waals surface area contributed by atoms with E-state index in [1.807, 2.05) is 0 Å². The van der Waals surface area contributed by atoms with Crippen molar-refractivity contribution in [3.8, 4) is 0 Å². The van der Waals surface area contributed by atoms with E-state index >= 15 is 0 Å². The highest BCUT2D eigenvalue weighted by Crippen LogP contribution is 2.30. The standard InChI is InChI=1S/C11H23NO/c1-11(2,3)13-8-10(12)7-9-5-4-6-9/h9-10H,4-8,12H2,1-3H3. The van der Waals surface area contributed by atoms with Crippen LogP contribution in [0.3, 0.4) is 0 Å². The topological polar surface area (TPSA) is 35.2 Å². The molecule has 0 aromatic rings. The summed E-state index contributed by atoms with van der Waals surface area (Å²) >= 11 is 0. The van der Waals surface area contributed by atoms with Gasteiger partial charge in [-0.25, -0.2) is 0 Å². The molecule has 0 heterocycles. The van der Waals surface area contributed by atoms with E-state index in [0.29, 0.717) is 6.61 Å². The molecule has 1 unspecified atom stereocenters. The number of rotatable bonds is 4. The quantitative estimate of drug-likeness (QED) is 0.729. The Hall–Kier alpha value is -0.0800. The molecule has 78 valence electrons. The SMILES string of the molecule is CC(C)(C)OCC(N)CC1CCC1. The highest BCUT2D eigenvalue weighted by Gasteiger charge is 2.21. The molecule has 2 heteroatoms. The van der Waals surface area contributed by atoms with E-state index in [-0.39, 0.29) is 11.6 Å². The van der Waals surface area contributed by atoms with Gasteiger partial charge in [-0.1, -0.05) is 19.3 Å². The van der Waals surface area contributed by atoms with Crippen LogP contribution in [-0.2, 0) is 4.74 Å². The first-order chi connectivity index (χ1) is 5.97. The minimum atomic E-state index is -0.0444. The number of hydrogen-bond acceptors (Lipinski definition) is 2. The van der Waals surface area contributed by atoms with Crippen LogP contribution in [0.15, 0.2) is 0 Å². The predicted molar refractivity (Wildman–Crippen MR) is 55.6 cm³/mol. The van der Waals surface area contributed by atoms with Gasteiger partial charge < -0.3 is 10.5 Å². The maximum absolute atomic E-state index is 5.97. The van der Waals surface area contributed by atoms with Gasteiger partial charge in [0.05, 0.1) is 12.2 Å². The second-order valence-corrected chi connectivity index (χ2v) is 5.22. The first-order valence-electron chi connectivity index (χ1n) is 5.37. The highest BCUT2D eigenvalue weighted by molar-refractivity contribution is 4.75. The maximum atomic E-state index is 5.97. The molecule has 0 bridgehead atoms. The Morgan fingerprint density at radius 2 is 2.00 bits per heavy atom. The van der Waals surface area contributed by atoms with Gasteiger partial charge in [-0.2, -0.15) is 0 Å². The number of ether oxygens (including phenoxy) is 1. The Balaban J connectivity index is 2.06. The minimum absolute atomic E-state index is 0.0444. The number of hydrogen-bond donors (Lipinski definition) is 1. The van der Waals surface area contributed by atoms with Gasteiger partial charge in [0, 0.05) is 6.04 Å². The lowest BCUT2D eigenvalue weighted by Crippen LogP contribution is -2.34. The van der Waals surface area contributed by atoms with Gasteiger partial charge >= 0.3 is 0 Å². The molecule has 0 saturated heterocycles. The molecule has 1 aliphatic rings. The average molecular weight is 185 g/mol. The van der Waals surface area contributed by atoms with Crippen LogP contribution in [0.2, 0.25) is 0 Å². The summed E-state index contributed by atoms with van der Waals surface area (Å²) in [4.78, 5) is 0. The summed E-state index contributed by atoms with van der Waals surface area (Å²) in [5.74, 6) is 0.888. The lowest BCUT2D eigenvalue weighted by Gasteiger charge is -2.29. The van der Waals surface area contributed by atoms with Crippen LogP contribution in [-0.4, -0.2) is 18.2 Å². The van der Waals surface area contributed by atoms with Crippen molar-refractivity contribution in [1.82, 2.24) is 0 Å². The largest absolute Gasteiger partial charge is 0.374 e. The van der Waals surface area contributed by atoms with Crippen molar-refractivity contribution >= 4 is 0 Å². The lowest BCUT2D eigenvalue weighted by molar-refractivity contribution is -0.0137. The smallest absolute Gasteiger partial charge is 0.0624 e. The zero-order valence-corrected chi connectivity index (χ0v) is 9.18. The average Bonchev–Trinajstić information content (AvgIpc) is 1.91. The van der Waals surface area contributed by atoms with E-state index in [9.17, 15) is 0 Å². The van der Waals surface area contributed by atoms with Gasteiger partial charge in [0.25, 0.3) is 0 Å². The summed E-state index contributed by atoms with van der Waals surface area (Å²) in [6.45, 7) is 6.93. The van der Waals surface area contributed by atoms with Gasteiger partial charge in [-0.05, 0) is 33.1 Å². The van der Waals surface area contributed by atoms with Gasteiger partial charge in [-0.15, -0.1) is 0 Å². The Morgan fingerprint density at radius 1 is 1.38 bits per heavy atom.